The molecular weight excluding hydrogens is 321 g/mol. The maximum absolute atomic E-state index is 6.41. The van der Waals surface area contributed by atoms with Gasteiger partial charge in [-0.2, -0.15) is 0 Å². The number of halogens is 2. The van der Waals surface area contributed by atoms with Gasteiger partial charge in [-0.1, -0.05) is 35.3 Å². The second-order valence-corrected chi connectivity index (χ2v) is 6.26. The SMILES string of the molecule is Clc1cccc(C2NCCc3cc4c(cc32)OCCO4)c1Cl. The predicted molar refractivity (Wildman–Crippen MR) is 87.4 cm³/mol. The zero-order valence-electron chi connectivity index (χ0n) is 11.9. The average Bonchev–Trinajstić information content (AvgIpc) is 2.55. The molecule has 0 fully saturated rings. The summed E-state index contributed by atoms with van der Waals surface area (Å²) in [4.78, 5) is 0. The van der Waals surface area contributed by atoms with Gasteiger partial charge in [0.15, 0.2) is 11.5 Å². The number of hydrogen-bond donors (Lipinski definition) is 1. The Balaban J connectivity index is 1.83. The maximum Gasteiger partial charge on any atom is 0.161 e. The molecule has 114 valence electrons. The highest BCUT2D eigenvalue weighted by molar-refractivity contribution is 6.42. The van der Waals surface area contributed by atoms with Crippen LogP contribution in [0.3, 0.4) is 0 Å². The number of benzene rings is 2. The van der Waals surface area contributed by atoms with Crippen molar-refractivity contribution < 1.29 is 9.47 Å². The van der Waals surface area contributed by atoms with Crippen LogP contribution in [0.5, 0.6) is 11.5 Å². The van der Waals surface area contributed by atoms with Crippen molar-refractivity contribution in [3.8, 4) is 11.5 Å². The van der Waals surface area contributed by atoms with Crippen LogP contribution in [0, 0.1) is 0 Å². The van der Waals surface area contributed by atoms with E-state index in [1.54, 1.807) is 6.07 Å². The molecule has 2 heterocycles. The summed E-state index contributed by atoms with van der Waals surface area (Å²) in [7, 11) is 0. The fraction of sp³-hybridized carbons (Fsp3) is 0.294. The molecule has 0 radical (unpaired) electrons. The first kappa shape index (κ1) is 14.2. The van der Waals surface area contributed by atoms with Crippen LogP contribution >= 0.6 is 23.2 Å². The van der Waals surface area contributed by atoms with E-state index in [2.05, 4.69) is 17.4 Å². The van der Waals surface area contributed by atoms with E-state index >= 15 is 0 Å². The number of nitrogens with one attached hydrogen (secondary N) is 1. The number of rotatable bonds is 1. The van der Waals surface area contributed by atoms with Gasteiger partial charge in [0.1, 0.15) is 13.2 Å². The van der Waals surface area contributed by atoms with Gasteiger partial charge in [0, 0.05) is 6.54 Å². The van der Waals surface area contributed by atoms with Gasteiger partial charge >= 0.3 is 0 Å². The average molecular weight is 336 g/mol. The van der Waals surface area contributed by atoms with Crippen LogP contribution in [-0.2, 0) is 6.42 Å². The number of hydrogen-bond acceptors (Lipinski definition) is 3. The van der Waals surface area contributed by atoms with Crippen LogP contribution in [0.2, 0.25) is 10.0 Å². The monoisotopic (exact) mass is 335 g/mol. The Morgan fingerprint density at radius 2 is 1.77 bits per heavy atom. The lowest BCUT2D eigenvalue weighted by Crippen LogP contribution is -2.31. The van der Waals surface area contributed by atoms with E-state index in [1.165, 1.54) is 11.1 Å². The van der Waals surface area contributed by atoms with Crippen molar-refractivity contribution in [1.82, 2.24) is 5.32 Å². The Labute approximate surface area is 139 Å². The van der Waals surface area contributed by atoms with Crippen molar-refractivity contribution in [2.24, 2.45) is 0 Å². The van der Waals surface area contributed by atoms with Gasteiger partial charge in [-0.25, -0.2) is 0 Å². The van der Waals surface area contributed by atoms with Crippen molar-refractivity contribution in [3.63, 3.8) is 0 Å². The van der Waals surface area contributed by atoms with Crippen LogP contribution in [-0.4, -0.2) is 19.8 Å². The first-order valence-corrected chi connectivity index (χ1v) is 8.09. The quantitative estimate of drug-likeness (QED) is 0.854. The summed E-state index contributed by atoms with van der Waals surface area (Å²) in [5.74, 6) is 1.64. The second-order valence-electron chi connectivity index (χ2n) is 5.47. The molecule has 2 aromatic rings. The van der Waals surface area contributed by atoms with Crippen molar-refractivity contribution in [1.29, 1.82) is 0 Å². The van der Waals surface area contributed by atoms with Crippen LogP contribution in [0.25, 0.3) is 0 Å². The molecule has 5 heteroatoms. The highest BCUT2D eigenvalue weighted by Gasteiger charge is 2.27. The summed E-state index contributed by atoms with van der Waals surface area (Å²) >= 11 is 12.6. The molecule has 0 amide bonds. The number of fused-ring (bicyclic) bond motifs is 2. The standard InChI is InChI=1S/C17H15Cl2NO2/c18-13-3-1-2-11(16(13)19)17-12-9-15-14(21-6-7-22-15)8-10(12)4-5-20-17/h1-3,8-9,17,20H,4-7H2. The van der Waals surface area contributed by atoms with Gasteiger partial charge < -0.3 is 14.8 Å². The van der Waals surface area contributed by atoms with Gasteiger partial charge in [0.2, 0.25) is 0 Å². The normalized spacial score (nSPS) is 19.6. The van der Waals surface area contributed by atoms with E-state index in [9.17, 15) is 0 Å². The minimum atomic E-state index is 0.0192. The van der Waals surface area contributed by atoms with Crippen molar-refractivity contribution >= 4 is 23.2 Å². The first-order chi connectivity index (χ1) is 10.7. The lowest BCUT2D eigenvalue weighted by Gasteiger charge is -2.30. The van der Waals surface area contributed by atoms with Gasteiger partial charge in [0.25, 0.3) is 0 Å². The summed E-state index contributed by atoms with van der Waals surface area (Å²) in [6.07, 6.45) is 0.959. The Morgan fingerprint density at radius 1 is 1.00 bits per heavy atom. The Hall–Kier alpha value is -1.42. The summed E-state index contributed by atoms with van der Waals surface area (Å²) in [6, 6.07) is 9.93. The Kier molecular flexibility index (Phi) is 3.65. The van der Waals surface area contributed by atoms with E-state index in [-0.39, 0.29) is 6.04 Å². The summed E-state index contributed by atoms with van der Waals surface area (Å²) in [5, 5.41) is 4.70. The van der Waals surface area contributed by atoms with Crippen molar-refractivity contribution in [3.05, 3.63) is 57.1 Å². The van der Waals surface area contributed by atoms with E-state index in [0.717, 1.165) is 30.0 Å². The largest absolute Gasteiger partial charge is 0.486 e. The Bertz CT molecular complexity index is 733. The summed E-state index contributed by atoms with van der Waals surface area (Å²) in [5.41, 5.74) is 3.44. The van der Waals surface area contributed by atoms with Crippen molar-refractivity contribution in [2.75, 3.05) is 19.8 Å². The smallest absolute Gasteiger partial charge is 0.161 e. The predicted octanol–water partition coefficient (Wildman–Crippen LogP) is 4.00. The molecule has 2 aromatic carbocycles. The van der Waals surface area contributed by atoms with E-state index in [0.29, 0.717) is 23.3 Å². The molecule has 0 aromatic heterocycles. The van der Waals surface area contributed by atoms with Gasteiger partial charge in [-0.3, -0.25) is 0 Å². The molecule has 0 spiro atoms. The number of ether oxygens (including phenoxy) is 2. The zero-order valence-corrected chi connectivity index (χ0v) is 13.4. The zero-order chi connectivity index (χ0) is 15.1. The van der Waals surface area contributed by atoms with Gasteiger partial charge in [-0.15, -0.1) is 0 Å². The highest BCUT2D eigenvalue weighted by Crippen LogP contribution is 2.41. The summed E-state index contributed by atoms with van der Waals surface area (Å²) in [6.45, 7) is 2.08. The molecule has 1 N–H and O–H groups in total. The fourth-order valence-electron chi connectivity index (χ4n) is 3.11. The molecular formula is C17H15Cl2NO2. The second kappa shape index (κ2) is 5.65. The molecule has 3 nitrogen and oxygen atoms in total. The van der Waals surface area contributed by atoms with Crippen LogP contribution in [0.4, 0.5) is 0 Å². The van der Waals surface area contributed by atoms with Crippen molar-refractivity contribution in [2.45, 2.75) is 12.5 Å². The lowest BCUT2D eigenvalue weighted by molar-refractivity contribution is 0.171. The highest BCUT2D eigenvalue weighted by atomic mass is 35.5. The molecule has 22 heavy (non-hydrogen) atoms. The van der Waals surface area contributed by atoms with Gasteiger partial charge in [0.05, 0.1) is 16.1 Å². The third-order valence-corrected chi connectivity index (χ3v) is 4.98. The van der Waals surface area contributed by atoms with Gasteiger partial charge in [-0.05, 0) is 41.3 Å². The van der Waals surface area contributed by atoms with E-state index < -0.39 is 0 Å². The molecule has 2 aliphatic rings. The lowest BCUT2D eigenvalue weighted by atomic mass is 9.89. The Morgan fingerprint density at radius 3 is 2.59 bits per heavy atom. The molecule has 0 saturated carbocycles. The first-order valence-electron chi connectivity index (χ1n) is 7.34. The third kappa shape index (κ3) is 2.34. The third-order valence-electron chi connectivity index (χ3n) is 4.15. The molecule has 2 aliphatic heterocycles. The molecule has 1 unspecified atom stereocenters. The van der Waals surface area contributed by atoms with Crippen LogP contribution in [0.15, 0.2) is 30.3 Å². The van der Waals surface area contributed by atoms with Crippen LogP contribution < -0.4 is 14.8 Å². The maximum atomic E-state index is 6.41. The van der Waals surface area contributed by atoms with E-state index in [4.69, 9.17) is 32.7 Å². The van der Waals surface area contributed by atoms with Crippen LogP contribution in [0.1, 0.15) is 22.7 Å². The molecule has 4 rings (SSSR count). The minimum Gasteiger partial charge on any atom is -0.486 e. The minimum absolute atomic E-state index is 0.0192. The van der Waals surface area contributed by atoms with E-state index in [1.807, 2.05) is 12.1 Å². The fourth-order valence-corrected chi connectivity index (χ4v) is 3.53. The topological polar surface area (TPSA) is 30.5 Å². The molecule has 1 atom stereocenters. The molecule has 0 saturated heterocycles. The molecule has 0 bridgehead atoms. The summed E-state index contributed by atoms with van der Waals surface area (Å²) < 4.78 is 11.4. The molecule has 0 aliphatic carbocycles.